The number of aromatic nitrogens is 1. The number of nitro groups is 1. The van der Waals surface area contributed by atoms with Gasteiger partial charge in [-0.25, -0.2) is 9.78 Å². The molecule has 2 heterocycles. The number of hydrogen-bond acceptors (Lipinski definition) is 6. The average Bonchev–Trinajstić information content (AvgIpc) is 3.11. The lowest BCUT2D eigenvalue weighted by Crippen LogP contribution is -2.03. The predicted molar refractivity (Wildman–Crippen MR) is 100 cm³/mol. The summed E-state index contributed by atoms with van der Waals surface area (Å²) in [6, 6.07) is 14.1. The summed E-state index contributed by atoms with van der Waals surface area (Å²) in [4.78, 5) is 27.4. The maximum Gasteiger partial charge on any atom is 0.346 e. The molecule has 2 aromatic carbocycles. The molecule has 0 N–H and O–H groups in total. The Kier molecular flexibility index (Phi) is 3.85. The second kappa shape index (κ2) is 6.20. The van der Waals surface area contributed by atoms with Crippen molar-refractivity contribution < 1.29 is 9.34 Å². The molecule has 0 aliphatic carbocycles. The van der Waals surface area contributed by atoms with Crippen LogP contribution in [0.4, 0.5) is 5.69 Å². The molecular weight excluding hydrogens is 352 g/mol. The van der Waals surface area contributed by atoms with Gasteiger partial charge in [-0.05, 0) is 13.0 Å². The highest BCUT2D eigenvalue weighted by Crippen LogP contribution is 2.31. The summed E-state index contributed by atoms with van der Waals surface area (Å²) in [5, 5.41) is 14.0. The van der Waals surface area contributed by atoms with Crippen molar-refractivity contribution in [2.45, 2.75) is 6.92 Å². The van der Waals surface area contributed by atoms with Crippen molar-refractivity contribution in [1.29, 1.82) is 0 Å². The fourth-order valence-corrected chi connectivity index (χ4v) is 3.51. The Labute approximate surface area is 151 Å². The van der Waals surface area contributed by atoms with Crippen molar-refractivity contribution in [3.63, 3.8) is 0 Å². The minimum Gasteiger partial charge on any atom is -0.415 e. The maximum atomic E-state index is 12.4. The number of non-ortho nitro benzene ring substituents is 1. The number of para-hydroxylation sites is 1. The summed E-state index contributed by atoms with van der Waals surface area (Å²) in [5.74, 6) is 0. The molecule has 0 saturated heterocycles. The van der Waals surface area contributed by atoms with Gasteiger partial charge in [0.1, 0.15) is 5.01 Å². The molecule has 0 spiro atoms. The molecule has 0 atom stereocenters. The Morgan fingerprint density at radius 3 is 2.65 bits per heavy atom. The third kappa shape index (κ3) is 2.78. The summed E-state index contributed by atoms with van der Waals surface area (Å²) in [7, 11) is 0. The van der Waals surface area contributed by atoms with Crippen molar-refractivity contribution in [3.8, 4) is 21.8 Å². The second-order valence-electron chi connectivity index (χ2n) is 5.80. The highest BCUT2D eigenvalue weighted by Gasteiger charge is 2.18. The van der Waals surface area contributed by atoms with E-state index in [-0.39, 0.29) is 11.3 Å². The van der Waals surface area contributed by atoms with Gasteiger partial charge in [-0.1, -0.05) is 42.0 Å². The smallest absolute Gasteiger partial charge is 0.346 e. The van der Waals surface area contributed by atoms with Gasteiger partial charge < -0.3 is 4.42 Å². The Bertz CT molecular complexity index is 1190. The molecule has 128 valence electrons. The molecule has 4 aromatic rings. The highest BCUT2D eigenvalue weighted by atomic mass is 32.1. The lowest BCUT2D eigenvalue weighted by molar-refractivity contribution is -0.383. The van der Waals surface area contributed by atoms with Gasteiger partial charge in [0.15, 0.2) is 0 Å². The number of hydrogen-bond donors (Lipinski definition) is 0. The molecular formula is C19H12N2O4S. The molecule has 0 aliphatic heterocycles. The lowest BCUT2D eigenvalue weighted by Gasteiger charge is -2.00. The molecule has 0 saturated carbocycles. The van der Waals surface area contributed by atoms with E-state index in [9.17, 15) is 14.9 Å². The fraction of sp³-hybridized carbons (Fsp3) is 0.0526. The van der Waals surface area contributed by atoms with Crippen LogP contribution in [0.2, 0.25) is 0 Å². The van der Waals surface area contributed by atoms with E-state index in [1.165, 1.54) is 17.4 Å². The van der Waals surface area contributed by atoms with E-state index in [1.54, 1.807) is 18.2 Å². The predicted octanol–water partition coefficient (Wildman–Crippen LogP) is 4.80. The monoisotopic (exact) mass is 364 g/mol. The van der Waals surface area contributed by atoms with Gasteiger partial charge in [-0.2, -0.15) is 0 Å². The van der Waals surface area contributed by atoms with Crippen molar-refractivity contribution in [2.24, 2.45) is 0 Å². The van der Waals surface area contributed by atoms with E-state index < -0.39 is 10.5 Å². The Hall–Kier alpha value is -3.32. The number of thiazole rings is 1. The van der Waals surface area contributed by atoms with Crippen molar-refractivity contribution in [2.75, 3.05) is 0 Å². The molecule has 0 aliphatic rings. The van der Waals surface area contributed by atoms with Gasteiger partial charge in [0.25, 0.3) is 0 Å². The molecule has 26 heavy (non-hydrogen) atoms. The van der Waals surface area contributed by atoms with Crippen LogP contribution in [0.25, 0.3) is 32.8 Å². The second-order valence-corrected chi connectivity index (χ2v) is 6.66. The normalized spacial score (nSPS) is 11.0. The van der Waals surface area contributed by atoms with Crippen LogP contribution >= 0.6 is 11.3 Å². The molecule has 7 heteroatoms. The van der Waals surface area contributed by atoms with Crippen LogP contribution in [0.15, 0.2) is 63.1 Å². The van der Waals surface area contributed by atoms with Gasteiger partial charge >= 0.3 is 11.3 Å². The summed E-state index contributed by atoms with van der Waals surface area (Å²) < 4.78 is 5.24. The van der Waals surface area contributed by atoms with Gasteiger partial charge in [0, 0.05) is 22.4 Å². The van der Waals surface area contributed by atoms with E-state index in [0.29, 0.717) is 16.0 Å². The van der Waals surface area contributed by atoms with Crippen LogP contribution < -0.4 is 5.63 Å². The largest absolute Gasteiger partial charge is 0.415 e. The Morgan fingerprint density at radius 2 is 1.92 bits per heavy atom. The minimum atomic E-state index is -0.642. The first-order valence-electron chi connectivity index (χ1n) is 7.77. The molecule has 6 nitrogen and oxygen atoms in total. The quantitative estimate of drug-likeness (QED) is 0.296. The molecule has 0 bridgehead atoms. The number of benzene rings is 2. The van der Waals surface area contributed by atoms with Crippen molar-refractivity contribution >= 4 is 28.0 Å². The zero-order valence-electron chi connectivity index (χ0n) is 13.6. The summed E-state index contributed by atoms with van der Waals surface area (Å²) in [6.45, 7) is 2.01. The van der Waals surface area contributed by atoms with Gasteiger partial charge in [0.05, 0.1) is 16.2 Å². The Balaban J connectivity index is 1.83. The SMILES string of the molecule is Cc1ccc(-c2csc(-c3cc4cccc([N+](=O)[O-])c4oc3=O)n2)cc1. The van der Waals surface area contributed by atoms with E-state index in [1.807, 2.05) is 36.6 Å². The van der Waals surface area contributed by atoms with Gasteiger partial charge in [0.2, 0.25) is 5.58 Å². The van der Waals surface area contributed by atoms with E-state index in [2.05, 4.69) is 4.98 Å². The summed E-state index contributed by atoms with van der Waals surface area (Å²) >= 11 is 1.33. The van der Waals surface area contributed by atoms with E-state index in [4.69, 9.17) is 4.42 Å². The zero-order chi connectivity index (χ0) is 18.3. The van der Waals surface area contributed by atoms with Gasteiger partial charge in [-0.3, -0.25) is 10.1 Å². The van der Waals surface area contributed by atoms with Crippen LogP contribution in [0.3, 0.4) is 0 Å². The van der Waals surface area contributed by atoms with Crippen LogP contribution in [-0.2, 0) is 0 Å². The van der Waals surface area contributed by atoms with Crippen LogP contribution in [0.1, 0.15) is 5.56 Å². The van der Waals surface area contributed by atoms with Crippen LogP contribution in [-0.4, -0.2) is 9.91 Å². The van der Waals surface area contributed by atoms with Crippen molar-refractivity contribution in [1.82, 2.24) is 4.98 Å². The molecule has 0 amide bonds. The molecule has 4 rings (SSSR count). The molecule has 0 radical (unpaired) electrons. The number of aryl methyl sites for hydroxylation is 1. The highest BCUT2D eigenvalue weighted by molar-refractivity contribution is 7.13. The summed E-state index contributed by atoms with van der Waals surface area (Å²) in [5.41, 5.74) is 2.27. The Morgan fingerprint density at radius 1 is 1.15 bits per heavy atom. The average molecular weight is 364 g/mol. The fourth-order valence-electron chi connectivity index (χ4n) is 2.68. The number of nitrogens with zero attached hydrogens (tertiary/aromatic N) is 2. The van der Waals surface area contributed by atoms with E-state index in [0.717, 1.165) is 16.8 Å². The van der Waals surface area contributed by atoms with Crippen LogP contribution in [0.5, 0.6) is 0 Å². The molecule has 0 fully saturated rings. The third-order valence-corrected chi connectivity index (χ3v) is 4.89. The van der Waals surface area contributed by atoms with E-state index >= 15 is 0 Å². The maximum absolute atomic E-state index is 12.4. The first-order valence-corrected chi connectivity index (χ1v) is 8.65. The molecule has 2 aromatic heterocycles. The van der Waals surface area contributed by atoms with Gasteiger partial charge in [-0.15, -0.1) is 11.3 Å². The number of nitro benzene ring substituents is 1. The third-order valence-electron chi connectivity index (χ3n) is 4.02. The van der Waals surface area contributed by atoms with Crippen LogP contribution in [0, 0.1) is 17.0 Å². The van der Waals surface area contributed by atoms with Crippen molar-refractivity contribution in [3.05, 3.63) is 80.0 Å². The number of fused-ring (bicyclic) bond motifs is 1. The summed E-state index contributed by atoms with van der Waals surface area (Å²) in [6.07, 6.45) is 0. The first kappa shape index (κ1) is 16.2. The number of rotatable bonds is 3. The standard InChI is InChI=1S/C19H12N2O4S/c1-11-5-7-12(8-6-11)15-10-26-18(20-15)14-9-13-3-2-4-16(21(23)24)17(13)25-19(14)22/h2-10H,1H3. The topological polar surface area (TPSA) is 86.2 Å². The lowest BCUT2D eigenvalue weighted by atomic mass is 10.1. The first-order chi connectivity index (χ1) is 12.5. The minimum absolute atomic E-state index is 0.0263. The molecule has 0 unspecified atom stereocenters. The zero-order valence-corrected chi connectivity index (χ0v) is 14.4.